The molecule has 0 heterocycles. The summed E-state index contributed by atoms with van der Waals surface area (Å²) in [5, 5.41) is 11.8. The maximum absolute atomic E-state index is 11.5. The van der Waals surface area contributed by atoms with Crippen LogP contribution in [0.2, 0.25) is 0 Å². The third-order valence-corrected chi connectivity index (χ3v) is 3.04. The summed E-state index contributed by atoms with van der Waals surface area (Å²) in [5.74, 6) is 0.671. The van der Waals surface area contributed by atoms with Gasteiger partial charge in [-0.1, -0.05) is 25.7 Å². The van der Waals surface area contributed by atoms with E-state index in [1.807, 2.05) is 0 Å². The molecular formula is C12H23NO2. The minimum Gasteiger partial charge on any atom is -0.392 e. The minimum atomic E-state index is -0.442. The largest absolute Gasteiger partial charge is 0.392 e. The number of hydrogen-bond acceptors (Lipinski definition) is 2. The smallest absolute Gasteiger partial charge is 0.220 e. The average molecular weight is 213 g/mol. The van der Waals surface area contributed by atoms with E-state index in [9.17, 15) is 4.79 Å². The summed E-state index contributed by atoms with van der Waals surface area (Å²) in [5.41, 5.74) is 0. The Hall–Kier alpha value is -0.570. The van der Waals surface area contributed by atoms with Crippen LogP contribution in [0.3, 0.4) is 0 Å². The Balaban J connectivity index is 2.17. The molecule has 0 aliphatic heterocycles. The molecule has 1 atom stereocenters. The molecule has 1 aliphatic rings. The first-order valence-corrected chi connectivity index (χ1v) is 6.13. The van der Waals surface area contributed by atoms with E-state index in [1.54, 1.807) is 6.92 Å². The lowest BCUT2D eigenvalue weighted by Gasteiger charge is -2.14. The van der Waals surface area contributed by atoms with E-state index >= 15 is 0 Å². The predicted molar refractivity (Wildman–Crippen MR) is 60.5 cm³/mol. The van der Waals surface area contributed by atoms with Crippen molar-refractivity contribution < 1.29 is 9.90 Å². The number of carbonyl (C=O) groups is 1. The van der Waals surface area contributed by atoms with Gasteiger partial charge < -0.3 is 10.4 Å². The Morgan fingerprint density at radius 1 is 1.33 bits per heavy atom. The second-order valence-corrected chi connectivity index (χ2v) is 4.71. The Bertz CT molecular complexity index is 184. The molecule has 0 aromatic rings. The maximum atomic E-state index is 11.5. The number of aliphatic hydroxyl groups excluding tert-OH is 1. The molecule has 0 aromatic carbocycles. The van der Waals surface area contributed by atoms with Crippen LogP contribution in [0.5, 0.6) is 0 Å². The molecule has 15 heavy (non-hydrogen) atoms. The van der Waals surface area contributed by atoms with Gasteiger partial charge in [-0.25, -0.2) is 0 Å². The van der Waals surface area contributed by atoms with Crippen LogP contribution in [0.15, 0.2) is 0 Å². The number of amides is 1. The van der Waals surface area contributed by atoms with Gasteiger partial charge in [0.2, 0.25) is 5.91 Å². The van der Waals surface area contributed by atoms with Gasteiger partial charge in [0.1, 0.15) is 0 Å². The summed E-state index contributed by atoms with van der Waals surface area (Å²) in [6, 6.07) is 0. The van der Waals surface area contributed by atoms with Crippen molar-refractivity contribution in [3.8, 4) is 0 Å². The van der Waals surface area contributed by atoms with E-state index in [0.717, 1.165) is 0 Å². The maximum Gasteiger partial charge on any atom is 0.220 e. The predicted octanol–water partition coefficient (Wildman–Crippen LogP) is 1.84. The summed E-state index contributed by atoms with van der Waals surface area (Å²) in [7, 11) is 0. The molecule has 3 heteroatoms. The summed E-state index contributed by atoms with van der Waals surface area (Å²) < 4.78 is 0. The fraction of sp³-hybridized carbons (Fsp3) is 0.917. The summed E-state index contributed by atoms with van der Waals surface area (Å²) in [6.07, 6.45) is 7.79. The van der Waals surface area contributed by atoms with Gasteiger partial charge in [0, 0.05) is 13.0 Å². The van der Waals surface area contributed by atoms with Crippen molar-refractivity contribution in [1.82, 2.24) is 5.32 Å². The van der Waals surface area contributed by atoms with Gasteiger partial charge in [-0.15, -0.1) is 0 Å². The number of carbonyl (C=O) groups excluding carboxylic acids is 1. The monoisotopic (exact) mass is 213 g/mol. The average Bonchev–Trinajstić information content (AvgIpc) is 2.43. The van der Waals surface area contributed by atoms with Crippen LogP contribution in [-0.4, -0.2) is 23.7 Å². The van der Waals surface area contributed by atoms with Gasteiger partial charge >= 0.3 is 0 Å². The minimum absolute atomic E-state index is 0.0998. The second-order valence-electron chi connectivity index (χ2n) is 4.71. The molecule has 2 N–H and O–H groups in total. The molecule has 0 aromatic heterocycles. The quantitative estimate of drug-likeness (QED) is 0.700. The molecule has 1 aliphatic carbocycles. The highest BCUT2D eigenvalue weighted by Crippen LogP contribution is 2.25. The first kappa shape index (κ1) is 12.5. The zero-order valence-electron chi connectivity index (χ0n) is 9.67. The SMILES string of the molecule is C[C@@H](O)CNC(=O)CC1CCCCCC1. The number of aliphatic hydroxyl groups is 1. The molecule has 1 fully saturated rings. The lowest BCUT2D eigenvalue weighted by Crippen LogP contribution is -2.31. The standard InChI is InChI=1S/C12H23NO2/c1-10(14)9-13-12(15)8-11-6-4-2-3-5-7-11/h10-11,14H,2-9H2,1H3,(H,13,15)/t10-/m1/s1. The van der Waals surface area contributed by atoms with E-state index < -0.39 is 6.10 Å². The third kappa shape index (κ3) is 5.78. The Morgan fingerprint density at radius 2 is 1.93 bits per heavy atom. The van der Waals surface area contributed by atoms with Crippen LogP contribution in [0.25, 0.3) is 0 Å². The van der Waals surface area contributed by atoms with Crippen molar-refractivity contribution in [2.45, 2.75) is 58.0 Å². The molecule has 88 valence electrons. The molecule has 0 radical (unpaired) electrons. The zero-order chi connectivity index (χ0) is 11.1. The van der Waals surface area contributed by atoms with Crippen molar-refractivity contribution in [2.24, 2.45) is 5.92 Å². The fourth-order valence-electron chi connectivity index (χ4n) is 2.16. The first-order chi connectivity index (χ1) is 7.18. The second kappa shape index (κ2) is 6.83. The van der Waals surface area contributed by atoms with Gasteiger partial charge in [0.25, 0.3) is 0 Å². The van der Waals surface area contributed by atoms with E-state index in [-0.39, 0.29) is 5.91 Å². The van der Waals surface area contributed by atoms with Gasteiger partial charge in [0.15, 0.2) is 0 Å². The molecule has 3 nitrogen and oxygen atoms in total. The number of hydrogen-bond donors (Lipinski definition) is 2. The van der Waals surface area contributed by atoms with E-state index in [0.29, 0.717) is 18.9 Å². The Kier molecular flexibility index (Phi) is 5.69. The lowest BCUT2D eigenvalue weighted by molar-refractivity contribution is -0.122. The Labute approximate surface area is 92.3 Å². The van der Waals surface area contributed by atoms with E-state index in [2.05, 4.69) is 5.32 Å². The highest BCUT2D eigenvalue weighted by Gasteiger charge is 2.15. The zero-order valence-corrected chi connectivity index (χ0v) is 9.67. The van der Waals surface area contributed by atoms with E-state index in [1.165, 1.54) is 38.5 Å². The molecule has 1 amide bonds. The molecule has 0 unspecified atom stereocenters. The Morgan fingerprint density at radius 3 is 2.47 bits per heavy atom. The van der Waals surface area contributed by atoms with Crippen LogP contribution in [-0.2, 0) is 4.79 Å². The van der Waals surface area contributed by atoms with Crippen LogP contribution >= 0.6 is 0 Å². The van der Waals surface area contributed by atoms with Crippen LogP contribution in [0, 0.1) is 5.92 Å². The van der Waals surface area contributed by atoms with Gasteiger partial charge in [-0.05, 0) is 25.7 Å². The molecule has 0 bridgehead atoms. The van der Waals surface area contributed by atoms with Gasteiger partial charge in [-0.2, -0.15) is 0 Å². The van der Waals surface area contributed by atoms with Crippen LogP contribution in [0.4, 0.5) is 0 Å². The molecule has 0 saturated heterocycles. The topological polar surface area (TPSA) is 49.3 Å². The van der Waals surface area contributed by atoms with Crippen molar-refractivity contribution in [3.05, 3.63) is 0 Å². The number of rotatable bonds is 4. The normalized spacial score (nSPS) is 20.7. The lowest BCUT2D eigenvalue weighted by atomic mass is 9.96. The summed E-state index contributed by atoms with van der Waals surface area (Å²) in [4.78, 5) is 11.5. The number of nitrogens with one attached hydrogen (secondary N) is 1. The van der Waals surface area contributed by atoms with Gasteiger partial charge in [0.05, 0.1) is 6.10 Å². The van der Waals surface area contributed by atoms with Crippen LogP contribution in [0.1, 0.15) is 51.9 Å². The summed E-state index contributed by atoms with van der Waals surface area (Å²) in [6.45, 7) is 2.07. The van der Waals surface area contributed by atoms with Crippen LogP contribution < -0.4 is 5.32 Å². The van der Waals surface area contributed by atoms with Crippen molar-refractivity contribution in [1.29, 1.82) is 0 Å². The highest BCUT2D eigenvalue weighted by molar-refractivity contribution is 5.76. The molecule has 1 saturated carbocycles. The first-order valence-electron chi connectivity index (χ1n) is 6.13. The van der Waals surface area contributed by atoms with Crippen molar-refractivity contribution >= 4 is 5.91 Å². The van der Waals surface area contributed by atoms with E-state index in [4.69, 9.17) is 5.11 Å². The van der Waals surface area contributed by atoms with Crippen molar-refractivity contribution in [3.63, 3.8) is 0 Å². The molecule has 0 spiro atoms. The molecular weight excluding hydrogens is 190 g/mol. The van der Waals surface area contributed by atoms with Crippen molar-refractivity contribution in [2.75, 3.05) is 6.54 Å². The highest BCUT2D eigenvalue weighted by atomic mass is 16.3. The fourth-order valence-corrected chi connectivity index (χ4v) is 2.16. The van der Waals surface area contributed by atoms with Gasteiger partial charge in [-0.3, -0.25) is 4.79 Å². The summed E-state index contributed by atoms with van der Waals surface area (Å²) >= 11 is 0. The third-order valence-electron chi connectivity index (χ3n) is 3.04. The molecule has 1 rings (SSSR count).